The van der Waals surface area contributed by atoms with E-state index in [9.17, 15) is 4.79 Å². The van der Waals surface area contributed by atoms with Crippen molar-refractivity contribution in [3.8, 4) is 0 Å². The first-order valence-electron chi connectivity index (χ1n) is 5.62. The van der Waals surface area contributed by atoms with E-state index in [2.05, 4.69) is 0 Å². The molecule has 1 unspecified atom stereocenters. The lowest BCUT2D eigenvalue weighted by molar-refractivity contribution is -0.671. The van der Waals surface area contributed by atoms with Crippen molar-refractivity contribution >= 4 is 18.6 Å². The molecule has 102 valence electrons. The fraction of sp³-hybridized carbons (Fsp3) is 0.231. The highest BCUT2D eigenvalue weighted by molar-refractivity contribution is 7.58. The number of carbonyl (C=O) groups is 1. The number of nitrogens with zero attached hydrogens (tertiary/aromatic N) is 2. The molecule has 1 aromatic heterocycles. The molecule has 5 nitrogen and oxygen atoms in total. The van der Waals surface area contributed by atoms with Crippen LogP contribution in [0.5, 0.6) is 0 Å². The first-order valence-corrected chi connectivity index (χ1v) is 6.02. The summed E-state index contributed by atoms with van der Waals surface area (Å²) >= 11 is 4.75. The zero-order chi connectivity index (χ0) is 14.4. The van der Waals surface area contributed by atoms with Gasteiger partial charge in [-0.1, -0.05) is 18.2 Å². The van der Waals surface area contributed by atoms with Crippen molar-refractivity contribution in [2.45, 2.75) is 18.0 Å². The zero-order valence-corrected chi connectivity index (χ0v) is 11.5. The molecular weight excluding hydrogens is 264 g/mol. The molecule has 1 heterocycles. The lowest BCUT2D eigenvalue weighted by Gasteiger charge is -2.07. The molecule has 2 aromatic rings. The Balaban J connectivity index is 0.000000191. The maximum absolute atomic E-state index is 10.4. The Morgan fingerprint density at radius 3 is 2.37 bits per heavy atom. The third-order valence-corrected chi connectivity index (χ3v) is 2.69. The summed E-state index contributed by atoms with van der Waals surface area (Å²) in [7, 11) is 1.92. The number of imidazole rings is 1. The highest BCUT2D eigenvalue weighted by Crippen LogP contribution is 2.06. The molecule has 0 radical (unpaired) electrons. The van der Waals surface area contributed by atoms with Crippen molar-refractivity contribution in [3.63, 3.8) is 0 Å². The van der Waals surface area contributed by atoms with Gasteiger partial charge >= 0.3 is 5.97 Å². The van der Waals surface area contributed by atoms with Crippen LogP contribution >= 0.6 is 0 Å². The van der Waals surface area contributed by atoms with E-state index < -0.39 is 12.2 Å². The number of aliphatic hydroxyl groups excluding tert-OH is 1. The topological polar surface area (TPSA) is 66.3 Å². The largest absolute Gasteiger partial charge is 0.779 e. The molecule has 0 amide bonds. The van der Waals surface area contributed by atoms with Crippen LogP contribution in [0.25, 0.3) is 0 Å². The number of hydrogen-bond acceptors (Lipinski definition) is 3. The number of hydrogen-bond donors (Lipinski definition) is 2. The fourth-order valence-electron chi connectivity index (χ4n) is 1.33. The van der Waals surface area contributed by atoms with Crippen molar-refractivity contribution in [1.82, 2.24) is 4.57 Å². The minimum Gasteiger partial charge on any atom is -0.779 e. The van der Waals surface area contributed by atoms with E-state index in [0.29, 0.717) is 4.90 Å². The van der Waals surface area contributed by atoms with Crippen LogP contribution in [0.15, 0.2) is 47.9 Å². The van der Waals surface area contributed by atoms with Crippen LogP contribution in [0.4, 0.5) is 0 Å². The van der Waals surface area contributed by atoms with Crippen LogP contribution in [0, 0.1) is 0 Å². The highest BCUT2D eigenvalue weighted by Gasteiger charge is 2.03. The summed E-state index contributed by atoms with van der Waals surface area (Å²) in [5.74, 6) is -0.967. The molecule has 2 rings (SSSR count). The number of rotatable bonds is 2. The van der Waals surface area contributed by atoms with Crippen molar-refractivity contribution < 1.29 is 19.6 Å². The predicted molar refractivity (Wildman–Crippen MR) is 71.6 cm³/mol. The molecule has 0 aliphatic carbocycles. The normalized spacial score (nSPS) is 11.3. The van der Waals surface area contributed by atoms with E-state index in [1.54, 1.807) is 29.7 Å². The van der Waals surface area contributed by atoms with Gasteiger partial charge in [0.05, 0.1) is 7.05 Å². The molecule has 0 aliphatic heterocycles. The average molecular weight is 280 g/mol. The van der Waals surface area contributed by atoms with E-state index >= 15 is 0 Å². The molecule has 1 atom stereocenters. The number of carboxylic acid groups (broad SMARTS) is 1. The molecule has 0 bridgehead atoms. The lowest BCUT2D eigenvalue weighted by Crippen LogP contribution is -2.24. The van der Waals surface area contributed by atoms with E-state index in [1.165, 1.54) is 6.07 Å². The molecule has 0 spiro atoms. The van der Waals surface area contributed by atoms with Crippen LogP contribution in [0.2, 0.25) is 0 Å². The fourth-order valence-corrected chi connectivity index (χ4v) is 1.57. The molecule has 0 saturated heterocycles. The minimum absolute atomic E-state index is 0.192. The second-order valence-corrected chi connectivity index (χ2v) is 4.40. The van der Waals surface area contributed by atoms with Gasteiger partial charge in [-0.2, -0.15) is 4.90 Å². The number of carboxylic acids is 1. The summed E-state index contributed by atoms with van der Waals surface area (Å²) in [6.45, 7) is 1.72. The molecule has 0 saturated carbocycles. The number of aromatic nitrogens is 2. The number of aromatic carboxylic acids is 1. The Morgan fingerprint density at radius 2 is 2.05 bits per heavy atom. The van der Waals surface area contributed by atoms with Gasteiger partial charge in [0.1, 0.15) is 12.4 Å². The van der Waals surface area contributed by atoms with Crippen LogP contribution in [0.1, 0.15) is 23.5 Å². The van der Waals surface area contributed by atoms with Crippen LogP contribution in [-0.2, 0) is 19.7 Å². The van der Waals surface area contributed by atoms with E-state index in [-0.39, 0.29) is 5.56 Å². The summed E-state index contributed by atoms with van der Waals surface area (Å²) in [4.78, 5) is 10.7. The third kappa shape index (κ3) is 4.69. The van der Waals surface area contributed by atoms with Gasteiger partial charge in [-0.05, 0) is 6.07 Å². The number of aliphatic hydroxyl groups is 1. The Hall–Kier alpha value is -1.92. The second-order valence-electron chi connectivity index (χ2n) is 3.96. The Morgan fingerprint density at radius 1 is 1.42 bits per heavy atom. The number of benzene rings is 1. The summed E-state index contributed by atoms with van der Waals surface area (Å²) in [5.41, 5.74) is 0.192. The van der Waals surface area contributed by atoms with E-state index in [1.807, 2.05) is 30.3 Å². The molecule has 19 heavy (non-hydrogen) atoms. The quantitative estimate of drug-likeness (QED) is 0.639. The predicted octanol–water partition coefficient (Wildman–Crippen LogP) is 1.11. The van der Waals surface area contributed by atoms with Gasteiger partial charge < -0.3 is 22.8 Å². The van der Waals surface area contributed by atoms with Crippen molar-refractivity contribution in [2.24, 2.45) is 7.05 Å². The summed E-state index contributed by atoms with van der Waals surface area (Å²) in [5, 5.41) is 17.5. The van der Waals surface area contributed by atoms with Gasteiger partial charge in [-0.25, -0.2) is 13.9 Å². The summed E-state index contributed by atoms with van der Waals surface area (Å²) < 4.78 is 3.60. The first-order chi connectivity index (χ1) is 8.91. The second kappa shape index (κ2) is 6.86. The van der Waals surface area contributed by atoms with Gasteiger partial charge in [0, 0.05) is 12.5 Å². The standard InChI is InChI=1S/C7H6O2S.C6H11N2O/c8-7(9)5-3-1-2-4-6(5)10;1-6(9)8-4-3-7(2)5-8/h1-4,10H,(H,8,9);3-6,9H,1-2H3/q;+1/p-1. The van der Waals surface area contributed by atoms with Crippen LogP contribution < -0.4 is 4.57 Å². The van der Waals surface area contributed by atoms with Crippen molar-refractivity contribution in [3.05, 3.63) is 48.5 Å². The third-order valence-electron chi connectivity index (χ3n) is 2.34. The van der Waals surface area contributed by atoms with Crippen LogP contribution in [-0.4, -0.2) is 20.7 Å². The average Bonchev–Trinajstić information content (AvgIpc) is 2.77. The van der Waals surface area contributed by atoms with E-state index in [0.717, 1.165) is 0 Å². The maximum atomic E-state index is 10.4. The molecule has 1 aromatic carbocycles. The monoisotopic (exact) mass is 280 g/mol. The Labute approximate surface area is 117 Å². The number of aryl methyl sites for hydroxylation is 1. The van der Waals surface area contributed by atoms with Gasteiger partial charge in [-0.15, -0.1) is 0 Å². The van der Waals surface area contributed by atoms with Gasteiger partial charge in [0.15, 0.2) is 6.23 Å². The summed E-state index contributed by atoms with van der Waals surface area (Å²) in [6.07, 6.45) is 5.10. The van der Waals surface area contributed by atoms with Gasteiger partial charge in [-0.3, -0.25) is 0 Å². The molecule has 6 heteroatoms. The summed E-state index contributed by atoms with van der Waals surface area (Å²) in [6, 6.07) is 6.46. The van der Waals surface area contributed by atoms with Gasteiger partial charge in [0.25, 0.3) is 0 Å². The molecule has 2 N–H and O–H groups in total. The smallest absolute Gasteiger partial charge is 0.334 e. The molecule has 0 fully saturated rings. The van der Waals surface area contributed by atoms with Gasteiger partial charge in [0.2, 0.25) is 6.33 Å². The minimum atomic E-state index is -0.967. The van der Waals surface area contributed by atoms with Crippen molar-refractivity contribution in [1.29, 1.82) is 0 Å². The Kier molecular flexibility index (Phi) is 5.47. The van der Waals surface area contributed by atoms with E-state index in [4.69, 9.17) is 22.8 Å². The van der Waals surface area contributed by atoms with Crippen molar-refractivity contribution in [2.75, 3.05) is 0 Å². The Bertz CT molecular complexity index is 552. The molecule has 0 aliphatic rings. The highest BCUT2D eigenvalue weighted by atomic mass is 32.1. The lowest BCUT2D eigenvalue weighted by atomic mass is 10.2. The first kappa shape index (κ1) is 15.1. The zero-order valence-electron chi connectivity index (χ0n) is 10.7. The SMILES string of the molecule is CC(O)n1cc[n+](C)c1.O=C(O)c1ccccc1[S-]. The molecular formula is C13H16N2O3S. The maximum Gasteiger partial charge on any atom is 0.334 e. The van der Waals surface area contributed by atoms with Crippen LogP contribution in [0.3, 0.4) is 0 Å².